The molecule has 3 heteroatoms. The second-order valence-corrected chi connectivity index (χ2v) is 10.7. The van der Waals surface area contributed by atoms with Crippen LogP contribution < -0.4 is 9.80 Å². The summed E-state index contributed by atoms with van der Waals surface area (Å²) in [4.78, 5) is 4.49. The molecular weight excluding hydrogens is 534 g/mol. The monoisotopic (exact) mass is 567 g/mol. The lowest BCUT2D eigenvalue weighted by molar-refractivity contribution is 1.21. The highest BCUT2D eigenvalue weighted by atomic mass is 15.1. The number of allylic oxidation sites excluding steroid dienone is 2. The van der Waals surface area contributed by atoms with Crippen LogP contribution in [0.1, 0.15) is 16.7 Å². The smallest absolute Gasteiger partial charge is 0.0991 e. The number of hydrogen-bond donors (Lipinski definition) is 0. The molecular formula is C41H33N3. The maximum absolute atomic E-state index is 9.11. The van der Waals surface area contributed by atoms with Gasteiger partial charge in [0.15, 0.2) is 0 Å². The summed E-state index contributed by atoms with van der Waals surface area (Å²) < 4.78 is 0. The van der Waals surface area contributed by atoms with E-state index < -0.39 is 0 Å². The molecule has 0 unspecified atom stereocenters. The molecule has 0 heterocycles. The van der Waals surface area contributed by atoms with Crippen LogP contribution in [0.25, 0.3) is 28.0 Å². The van der Waals surface area contributed by atoms with E-state index in [2.05, 4.69) is 145 Å². The summed E-state index contributed by atoms with van der Waals surface area (Å²) in [5, 5.41) is 11.5. The Morgan fingerprint density at radius 2 is 1.20 bits per heavy atom. The molecule has 3 nitrogen and oxygen atoms in total. The van der Waals surface area contributed by atoms with Gasteiger partial charge in [-0.2, -0.15) is 5.26 Å². The van der Waals surface area contributed by atoms with Gasteiger partial charge in [0.1, 0.15) is 0 Å². The lowest BCUT2D eigenvalue weighted by atomic mass is 10.0. The first-order valence-corrected chi connectivity index (χ1v) is 14.7. The lowest BCUT2D eigenvalue weighted by Gasteiger charge is -2.29. The standard InChI is InChI=1S/C41H33N3/c1-4-5-10-32-12-8-15-40(30(32)2)44(41-16-9-13-35-11-6-7-14-39(35)41)38-27-21-34(22-28-38)33-19-25-37(26-20-33)43(3)36-23-17-31(29-42)18-24-36/h4-28H,1H2,2-3H3/b10-5-. The minimum absolute atomic E-state index is 0.660. The molecule has 6 rings (SSSR count). The maximum atomic E-state index is 9.11. The van der Waals surface area contributed by atoms with Crippen molar-refractivity contribution in [1.82, 2.24) is 0 Å². The van der Waals surface area contributed by atoms with Gasteiger partial charge in [0, 0.05) is 35.2 Å². The Morgan fingerprint density at radius 3 is 1.86 bits per heavy atom. The van der Waals surface area contributed by atoms with E-state index in [0.717, 1.165) is 45.1 Å². The van der Waals surface area contributed by atoms with Crippen molar-refractivity contribution in [2.75, 3.05) is 16.8 Å². The van der Waals surface area contributed by atoms with Gasteiger partial charge in [-0.05, 0) is 95.2 Å². The molecule has 0 spiro atoms. The number of rotatable bonds is 8. The molecule has 0 aliphatic rings. The maximum Gasteiger partial charge on any atom is 0.0991 e. The Balaban J connectivity index is 1.36. The molecule has 0 atom stereocenters. The fraction of sp³-hybridized carbons (Fsp3) is 0.0488. The molecule has 0 aromatic heterocycles. The highest BCUT2D eigenvalue weighted by Crippen LogP contribution is 2.41. The third-order valence-corrected chi connectivity index (χ3v) is 8.10. The van der Waals surface area contributed by atoms with E-state index in [1.807, 2.05) is 43.5 Å². The molecule has 0 aliphatic carbocycles. The largest absolute Gasteiger partial charge is 0.345 e. The molecule has 0 amide bonds. The fourth-order valence-corrected chi connectivity index (χ4v) is 5.64. The van der Waals surface area contributed by atoms with Crippen molar-refractivity contribution < 1.29 is 0 Å². The number of benzene rings is 6. The van der Waals surface area contributed by atoms with Crippen LogP contribution in [-0.4, -0.2) is 7.05 Å². The fourth-order valence-electron chi connectivity index (χ4n) is 5.64. The quantitative estimate of drug-likeness (QED) is 0.171. The molecule has 6 aromatic rings. The second-order valence-electron chi connectivity index (χ2n) is 10.7. The molecule has 0 bridgehead atoms. The topological polar surface area (TPSA) is 30.3 Å². The van der Waals surface area contributed by atoms with Crippen LogP contribution in [-0.2, 0) is 0 Å². The van der Waals surface area contributed by atoms with Gasteiger partial charge in [-0.3, -0.25) is 0 Å². The van der Waals surface area contributed by atoms with Crippen molar-refractivity contribution in [3.05, 3.63) is 169 Å². The average molecular weight is 568 g/mol. The van der Waals surface area contributed by atoms with Crippen molar-refractivity contribution in [3.8, 4) is 17.2 Å². The first kappa shape index (κ1) is 28.3. The number of hydrogen-bond acceptors (Lipinski definition) is 3. The number of nitrogens with zero attached hydrogens (tertiary/aromatic N) is 3. The van der Waals surface area contributed by atoms with Crippen molar-refractivity contribution >= 4 is 45.3 Å². The van der Waals surface area contributed by atoms with Crippen molar-refractivity contribution in [2.24, 2.45) is 0 Å². The molecule has 0 N–H and O–H groups in total. The number of anilines is 5. The van der Waals surface area contributed by atoms with Crippen LogP contribution in [0.5, 0.6) is 0 Å². The van der Waals surface area contributed by atoms with E-state index in [1.165, 1.54) is 16.3 Å². The molecule has 0 fully saturated rings. The molecule has 0 saturated heterocycles. The van der Waals surface area contributed by atoms with E-state index in [-0.39, 0.29) is 0 Å². The lowest BCUT2D eigenvalue weighted by Crippen LogP contribution is -2.12. The summed E-state index contributed by atoms with van der Waals surface area (Å²) in [5.41, 5.74) is 10.8. The Labute approximate surface area is 259 Å². The Hall–Kier alpha value is -5.85. The van der Waals surface area contributed by atoms with Gasteiger partial charge < -0.3 is 9.80 Å². The van der Waals surface area contributed by atoms with Crippen molar-refractivity contribution in [1.29, 1.82) is 5.26 Å². The Morgan fingerprint density at radius 1 is 0.636 bits per heavy atom. The SMILES string of the molecule is C=C/C=C\c1cccc(N(c2ccc(-c3ccc(N(C)c4ccc(C#N)cc4)cc3)cc2)c2cccc3ccccc23)c1C. The molecule has 44 heavy (non-hydrogen) atoms. The van der Waals surface area contributed by atoms with Gasteiger partial charge in [0.05, 0.1) is 17.3 Å². The second kappa shape index (κ2) is 12.6. The van der Waals surface area contributed by atoms with Crippen LogP contribution in [0.3, 0.4) is 0 Å². The predicted molar refractivity (Wildman–Crippen MR) is 187 cm³/mol. The van der Waals surface area contributed by atoms with Gasteiger partial charge in [0.25, 0.3) is 0 Å². The first-order chi connectivity index (χ1) is 21.6. The molecule has 6 aromatic carbocycles. The van der Waals surface area contributed by atoms with E-state index in [4.69, 9.17) is 5.26 Å². The summed E-state index contributed by atoms with van der Waals surface area (Å²) in [6.45, 7) is 6.03. The zero-order chi connectivity index (χ0) is 30.5. The Kier molecular flexibility index (Phi) is 8.08. The van der Waals surface area contributed by atoms with E-state index in [9.17, 15) is 0 Å². The van der Waals surface area contributed by atoms with Crippen LogP contribution >= 0.6 is 0 Å². The Bertz CT molecular complexity index is 1990. The highest BCUT2D eigenvalue weighted by Gasteiger charge is 2.18. The van der Waals surface area contributed by atoms with E-state index in [0.29, 0.717) is 5.56 Å². The molecule has 0 radical (unpaired) electrons. The van der Waals surface area contributed by atoms with Gasteiger partial charge in [-0.1, -0.05) is 97.6 Å². The van der Waals surface area contributed by atoms with Crippen LogP contribution in [0, 0.1) is 18.3 Å². The predicted octanol–water partition coefficient (Wildman–Crippen LogP) is 11.1. The number of nitriles is 1. The third kappa shape index (κ3) is 5.62. The summed E-state index contributed by atoms with van der Waals surface area (Å²) in [7, 11) is 2.04. The van der Waals surface area contributed by atoms with Gasteiger partial charge in [-0.25, -0.2) is 0 Å². The zero-order valence-electron chi connectivity index (χ0n) is 25.0. The molecule has 212 valence electrons. The number of fused-ring (bicyclic) bond motifs is 1. The first-order valence-electron chi connectivity index (χ1n) is 14.7. The summed E-state index contributed by atoms with van der Waals surface area (Å²) in [6, 6.07) is 48.7. The van der Waals surface area contributed by atoms with Crippen LogP contribution in [0.4, 0.5) is 28.4 Å². The zero-order valence-corrected chi connectivity index (χ0v) is 25.0. The van der Waals surface area contributed by atoms with E-state index in [1.54, 1.807) is 0 Å². The average Bonchev–Trinajstić information content (AvgIpc) is 3.09. The summed E-state index contributed by atoms with van der Waals surface area (Å²) in [5.74, 6) is 0. The van der Waals surface area contributed by atoms with Gasteiger partial charge in [-0.15, -0.1) is 0 Å². The normalized spacial score (nSPS) is 10.9. The molecule has 0 saturated carbocycles. The van der Waals surface area contributed by atoms with Gasteiger partial charge in [0.2, 0.25) is 0 Å². The van der Waals surface area contributed by atoms with Gasteiger partial charge >= 0.3 is 0 Å². The van der Waals surface area contributed by atoms with Crippen molar-refractivity contribution in [2.45, 2.75) is 6.92 Å². The summed E-state index contributed by atoms with van der Waals surface area (Å²) in [6.07, 6.45) is 5.90. The minimum atomic E-state index is 0.660. The van der Waals surface area contributed by atoms with Crippen molar-refractivity contribution in [3.63, 3.8) is 0 Å². The van der Waals surface area contributed by atoms with Crippen LogP contribution in [0.15, 0.2) is 152 Å². The highest BCUT2D eigenvalue weighted by molar-refractivity contribution is 5.99. The molecule has 0 aliphatic heterocycles. The van der Waals surface area contributed by atoms with E-state index >= 15 is 0 Å². The minimum Gasteiger partial charge on any atom is -0.345 e. The third-order valence-electron chi connectivity index (χ3n) is 8.10. The van der Waals surface area contributed by atoms with Crippen LogP contribution in [0.2, 0.25) is 0 Å². The summed E-state index contributed by atoms with van der Waals surface area (Å²) >= 11 is 0.